The molecule has 1 aromatic carbocycles. The minimum atomic E-state index is -0.189. The lowest BCUT2D eigenvalue weighted by Crippen LogP contribution is -2.36. The summed E-state index contributed by atoms with van der Waals surface area (Å²) in [5, 5.41) is 7.56. The Hall–Kier alpha value is -3.36. The molecule has 3 aromatic rings. The van der Waals surface area contributed by atoms with E-state index in [0.29, 0.717) is 31.6 Å². The van der Waals surface area contributed by atoms with E-state index in [2.05, 4.69) is 15.4 Å². The fourth-order valence-electron chi connectivity index (χ4n) is 3.61. The summed E-state index contributed by atoms with van der Waals surface area (Å²) in [6.07, 6.45) is 5.33. The smallest absolute Gasteiger partial charge is 0.346 e. The number of ether oxygens (including phenoxy) is 1. The van der Waals surface area contributed by atoms with Crippen LogP contribution in [-0.4, -0.2) is 43.0 Å². The molecule has 3 heterocycles. The molecule has 0 spiro atoms. The molecule has 1 atom stereocenters. The Morgan fingerprint density at radius 3 is 2.97 bits per heavy atom. The number of imidazole rings is 1. The number of aryl methyl sites for hydroxylation is 2. The van der Waals surface area contributed by atoms with Gasteiger partial charge in [-0.1, -0.05) is 12.1 Å². The van der Waals surface area contributed by atoms with Crippen LogP contribution in [0.25, 0.3) is 0 Å². The fourth-order valence-corrected chi connectivity index (χ4v) is 3.61. The van der Waals surface area contributed by atoms with E-state index in [1.54, 1.807) is 28.8 Å². The standard InChI is InChI=1S/C20H24N6O3/c1-24-12-17(21-13-24)19(27)22-15-6-7-18-23-26(20(28)25(18)9-8-15)11-14-4-3-5-16(10-14)29-2/h3-5,10,12-13,15H,6-9,11H2,1-2H3,(H,22,27). The van der Waals surface area contributed by atoms with Gasteiger partial charge in [0.05, 0.1) is 20.0 Å². The van der Waals surface area contributed by atoms with Gasteiger partial charge in [-0.25, -0.2) is 14.5 Å². The first-order valence-electron chi connectivity index (χ1n) is 9.62. The largest absolute Gasteiger partial charge is 0.497 e. The minimum absolute atomic E-state index is 0.0163. The molecular weight excluding hydrogens is 372 g/mol. The third kappa shape index (κ3) is 4.08. The average molecular weight is 396 g/mol. The highest BCUT2D eigenvalue weighted by molar-refractivity contribution is 5.92. The number of methoxy groups -OCH3 is 1. The first-order chi connectivity index (χ1) is 14.0. The van der Waals surface area contributed by atoms with Gasteiger partial charge in [0.15, 0.2) is 0 Å². The van der Waals surface area contributed by atoms with Gasteiger partial charge in [-0.15, -0.1) is 0 Å². The van der Waals surface area contributed by atoms with Gasteiger partial charge in [-0.3, -0.25) is 9.36 Å². The van der Waals surface area contributed by atoms with Crippen LogP contribution in [0.3, 0.4) is 0 Å². The van der Waals surface area contributed by atoms with Crippen LogP contribution in [0, 0.1) is 0 Å². The molecule has 29 heavy (non-hydrogen) atoms. The van der Waals surface area contributed by atoms with Crippen molar-refractivity contribution in [1.29, 1.82) is 0 Å². The second-order valence-electron chi connectivity index (χ2n) is 7.28. The molecule has 1 unspecified atom stereocenters. The monoisotopic (exact) mass is 396 g/mol. The van der Waals surface area contributed by atoms with E-state index >= 15 is 0 Å². The van der Waals surface area contributed by atoms with Crippen LogP contribution in [0.2, 0.25) is 0 Å². The molecule has 1 amide bonds. The molecular formula is C20H24N6O3. The number of rotatable bonds is 5. The molecule has 1 N–H and O–H groups in total. The van der Waals surface area contributed by atoms with E-state index in [4.69, 9.17) is 4.74 Å². The van der Waals surface area contributed by atoms with E-state index < -0.39 is 0 Å². The summed E-state index contributed by atoms with van der Waals surface area (Å²) in [6.45, 7) is 0.926. The molecule has 1 aliphatic rings. The zero-order valence-corrected chi connectivity index (χ0v) is 16.5. The highest BCUT2D eigenvalue weighted by atomic mass is 16.5. The molecule has 152 valence electrons. The number of benzene rings is 1. The zero-order chi connectivity index (χ0) is 20.4. The summed E-state index contributed by atoms with van der Waals surface area (Å²) in [5.74, 6) is 1.32. The first kappa shape index (κ1) is 19.0. The first-order valence-corrected chi connectivity index (χ1v) is 9.62. The van der Waals surface area contributed by atoms with E-state index in [1.165, 1.54) is 4.68 Å². The van der Waals surface area contributed by atoms with Crippen molar-refractivity contribution >= 4 is 5.91 Å². The van der Waals surface area contributed by atoms with E-state index in [-0.39, 0.29) is 17.6 Å². The van der Waals surface area contributed by atoms with Gasteiger partial charge in [0.25, 0.3) is 5.91 Å². The lowest BCUT2D eigenvalue weighted by molar-refractivity contribution is 0.0928. The minimum Gasteiger partial charge on any atom is -0.497 e. The van der Waals surface area contributed by atoms with Crippen molar-refractivity contribution in [3.8, 4) is 5.75 Å². The van der Waals surface area contributed by atoms with Crippen LogP contribution < -0.4 is 15.7 Å². The second kappa shape index (κ2) is 7.94. The quantitative estimate of drug-likeness (QED) is 0.693. The van der Waals surface area contributed by atoms with Crippen molar-refractivity contribution in [3.05, 3.63) is 64.4 Å². The van der Waals surface area contributed by atoms with Gasteiger partial charge >= 0.3 is 5.69 Å². The van der Waals surface area contributed by atoms with Crippen LogP contribution in [0.15, 0.2) is 41.6 Å². The van der Waals surface area contributed by atoms with Gasteiger partial charge < -0.3 is 14.6 Å². The molecule has 0 bridgehead atoms. The molecule has 2 aromatic heterocycles. The predicted molar refractivity (Wildman–Crippen MR) is 106 cm³/mol. The van der Waals surface area contributed by atoms with Crippen molar-refractivity contribution in [2.75, 3.05) is 7.11 Å². The lowest BCUT2D eigenvalue weighted by atomic mass is 10.1. The van der Waals surface area contributed by atoms with Gasteiger partial charge in [-0.2, -0.15) is 5.10 Å². The summed E-state index contributed by atoms with van der Waals surface area (Å²) in [7, 11) is 3.44. The maximum atomic E-state index is 12.8. The topological polar surface area (TPSA) is 96.0 Å². The Morgan fingerprint density at radius 1 is 1.34 bits per heavy atom. The number of nitrogens with one attached hydrogen (secondary N) is 1. The van der Waals surface area contributed by atoms with E-state index in [1.807, 2.05) is 31.3 Å². The molecule has 1 aliphatic heterocycles. The third-order valence-electron chi connectivity index (χ3n) is 5.16. The highest BCUT2D eigenvalue weighted by Gasteiger charge is 2.23. The third-order valence-corrected chi connectivity index (χ3v) is 5.16. The van der Waals surface area contributed by atoms with Crippen molar-refractivity contribution in [1.82, 2.24) is 29.2 Å². The van der Waals surface area contributed by atoms with Crippen LogP contribution in [0.5, 0.6) is 5.75 Å². The highest BCUT2D eigenvalue weighted by Crippen LogP contribution is 2.15. The number of nitrogens with zero attached hydrogens (tertiary/aromatic N) is 5. The number of amides is 1. The van der Waals surface area contributed by atoms with Crippen LogP contribution in [-0.2, 0) is 26.6 Å². The van der Waals surface area contributed by atoms with Crippen molar-refractivity contribution in [2.24, 2.45) is 7.05 Å². The SMILES string of the molecule is COc1cccc(Cn2nc3n(c2=O)CCC(NC(=O)c2cn(C)cn2)CC3)c1. The summed E-state index contributed by atoms with van der Waals surface area (Å²) in [6, 6.07) is 7.60. The number of hydrogen-bond donors (Lipinski definition) is 1. The Bertz CT molecular complexity index is 1080. The maximum absolute atomic E-state index is 12.8. The van der Waals surface area contributed by atoms with Gasteiger partial charge in [0.1, 0.15) is 17.3 Å². The Labute approximate surface area is 167 Å². The molecule has 4 rings (SSSR count). The van der Waals surface area contributed by atoms with Gasteiger partial charge in [-0.05, 0) is 30.5 Å². The Balaban J connectivity index is 1.43. The molecule has 0 saturated heterocycles. The Kier molecular flexibility index (Phi) is 5.20. The van der Waals surface area contributed by atoms with Crippen molar-refractivity contribution in [2.45, 2.75) is 38.4 Å². The fraction of sp³-hybridized carbons (Fsp3) is 0.400. The molecule has 0 saturated carbocycles. The van der Waals surface area contributed by atoms with Crippen LogP contribution >= 0.6 is 0 Å². The predicted octanol–water partition coefficient (Wildman–Crippen LogP) is 0.970. The lowest BCUT2D eigenvalue weighted by Gasteiger charge is -2.15. The van der Waals surface area contributed by atoms with E-state index in [9.17, 15) is 9.59 Å². The Morgan fingerprint density at radius 2 is 2.21 bits per heavy atom. The number of carbonyl (C=O) groups is 1. The summed E-state index contributed by atoms with van der Waals surface area (Å²) < 4.78 is 10.2. The number of aromatic nitrogens is 5. The summed E-state index contributed by atoms with van der Waals surface area (Å²) in [5.41, 5.74) is 1.23. The molecule has 9 nitrogen and oxygen atoms in total. The number of fused-ring (bicyclic) bond motifs is 1. The summed E-state index contributed by atoms with van der Waals surface area (Å²) in [4.78, 5) is 29.2. The van der Waals surface area contributed by atoms with Crippen LogP contribution in [0.1, 0.15) is 34.7 Å². The van der Waals surface area contributed by atoms with Gasteiger partial charge in [0, 0.05) is 32.3 Å². The number of hydrogen-bond acceptors (Lipinski definition) is 5. The summed E-state index contributed by atoms with van der Waals surface area (Å²) >= 11 is 0. The van der Waals surface area contributed by atoms with Gasteiger partial charge in [0.2, 0.25) is 0 Å². The molecule has 0 radical (unpaired) electrons. The van der Waals surface area contributed by atoms with Crippen molar-refractivity contribution in [3.63, 3.8) is 0 Å². The second-order valence-corrected chi connectivity index (χ2v) is 7.28. The average Bonchev–Trinajstić information content (AvgIpc) is 3.21. The normalized spacial score (nSPS) is 16.1. The molecule has 0 aliphatic carbocycles. The molecule has 0 fully saturated rings. The molecule has 9 heteroatoms. The number of carbonyl (C=O) groups excluding carboxylic acids is 1. The van der Waals surface area contributed by atoms with E-state index in [0.717, 1.165) is 23.6 Å². The zero-order valence-electron chi connectivity index (χ0n) is 16.5. The van der Waals surface area contributed by atoms with Crippen molar-refractivity contribution < 1.29 is 9.53 Å². The maximum Gasteiger partial charge on any atom is 0.346 e. The van der Waals surface area contributed by atoms with Crippen LogP contribution in [0.4, 0.5) is 0 Å².